The fourth-order valence-corrected chi connectivity index (χ4v) is 5.78. The highest BCUT2D eigenvalue weighted by Crippen LogP contribution is 2.32. The van der Waals surface area contributed by atoms with Crippen LogP contribution in [0.4, 0.5) is 5.69 Å². The standard InChI is InChI=1S/C31H38ClN3O5S/c1-21-8-12-24(13-9-21)19-34(23(3)30(37)33-31(4,5)6)29(36)20-35(25-14-17-28(40-7)27(32)18-25)41(38,39)26-15-10-22(2)11-16-26/h8-18,23H,19-20H2,1-7H3,(H,33,37)/t23-/m1/s1. The van der Waals surface area contributed by atoms with Crippen molar-refractivity contribution in [3.8, 4) is 5.75 Å². The number of benzene rings is 3. The first-order valence-electron chi connectivity index (χ1n) is 13.2. The molecule has 1 N–H and O–H groups in total. The molecular formula is C31H38ClN3O5S. The van der Waals surface area contributed by atoms with E-state index in [9.17, 15) is 18.0 Å². The normalized spacial score (nSPS) is 12.4. The Bertz CT molecular complexity index is 1480. The van der Waals surface area contributed by atoms with Crippen LogP contribution in [0.1, 0.15) is 44.4 Å². The van der Waals surface area contributed by atoms with Crippen LogP contribution < -0.4 is 14.4 Å². The lowest BCUT2D eigenvalue weighted by atomic mass is 10.1. The summed E-state index contributed by atoms with van der Waals surface area (Å²) >= 11 is 6.37. The molecule has 220 valence electrons. The maximum atomic E-state index is 14.0. The van der Waals surface area contributed by atoms with Crippen molar-refractivity contribution in [3.05, 3.63) is 88.4 Å². The molecule has 0 spiro atoms. The molecule has 1 atom stereocenters. The molecule has 0 bridgehead atoms. The molecule has 0 aliphatic carbocycles. The Kier molecular flexibility index (Phi) is 10.1. The topological polar surface area (TPSA) is 96.0 Å². The van der Waals surface area contributed by atoms with Crippen molar-refractivity contribution in [2.75, 3.05) is 18.0 Å². The first-order chi connectivity index (χ1) is 19.1. The fraction of sp³-hybridized carbons (Fsp3) is 0.355. The van der Waals surface area contributed by atoms with Gasteiger partial charge in [0.15, 0.2) is 0 Å². The Labute approximate surface area is 248 Å². The summed E-state index contributed by atoms with van der Waals surface area (Å²) in [5.74, 6) is -0.536. The maximum absolute atomic E-state index is 14.0. The highest BCUT2D eigenvalue weighted by molar-refractivity contribution is 7.92. The van der Waals surface area contributed by atoms with E-state index in [-0.39, 0.29) is 28.1 Å². The van der Waals surface area contributed by atoms with Gasteiger partial charge in [-0.2, -0.15) is 0 Å². The molecule has 3 aromatic rings. The summed E-state index contributed by atoms with van der Waals surface area (Å²) in [5, 5.41) is 3.11. The maximum Gasteiger partial charge on any atom is 0.264 e. The van der Waals surface area contributed by atoms with Gasteiger partial charge in [-0.15, -0.1) is 0 Å². The van der Waals surface area contributed by atoms with E-state index in [1.54, 1.807) is 25.1 Å². The first-order valence-corrected chi connectivity index (χ1v) is 15.0. The van der Waals surface area contributed by atoms with Crippen molar-refractivity contribution in [1.29, 1.82) is 0 Å². The fourth-order valence-electron chi connectivity index (χ4n) is 4.12. The predicted octanol–water partition coefficient (Wildman–Crippen LogP) is 5.49. The highest BCUT2D eigenvalue weighted by atomic mass is 35.5. The van der Waals surface area contributed by atoms with Gasteiger partial charge < -0.3 is 15.0 Å². The number of sulfonamides is 1. The number of carbonyl (C=O) groups excluding carboxylic acids is 2. The van der Waals surface area contributed by atoms with Gasteiger partial charge in [0.1, 0.15) is 18.3 Å². The van der Waals surface area contributed by atoms with Crippen LogP contribution in [0.5, 0.6) is 5.75 Å². The van der Waals surface area contributed by atoms with Crippen LogP contribution in [0.2, 0.25) is 5.02 Å². The van der Waals surface area contributed by atoms with E-state index >= 15 is 0 Å². The third-order valence-corrected chi connectivity index (χ3v) is 8.53. The smallest absolute Gasteiger partial charge is 0.264 e. The third-order valence-electron chi connectivity index (χ3n) is 6.45. The predicted molar refractivity (Wildman–Crippen MR) is 163 cm³/mol. The van der Waals surface area contributed by atoms with E-state index in [4.69, 9.17) is 16.3 Å². The number of nitrogens with one attached hydrogen (secondary N) is 1. The lowest BCUT2D eigenvalue weighted by Gasteiger charge is -2.33. The number of anilines is 1. The Morgan fingerprint density at radius 1 is 0.951 bits per heavy atom. The number of carbonyl (C=O) groups is 2. The summed E-state index contributed by atoms with van der Waals surface area (Å²) in [6.45, 7) is 10.6. The molecule has 0 saturated carbocycles. The highest BCUT2D eigenvalue weighted by Gasteiger charge is 2.33. The molecule has 3 aromatic carbocycles. The van der Waals surface area contributed by atoms with Gasteiger partial charge >= 0.3 is 0 Å². The van der Waals surface area contributed by atoms with Crippen molar-refractivity contribution in [2.24, 2.45) is 0 Å². The number of hydrogen-bond donors (Lipinski definition) is 1. The average Bonchev–Trinajstić information content (AvgIpc) is 2.90. The Morgan fingerprint density at radius 3 is 2.02 bits per heavy atom. The Morgan fingerprint density at radius 2 is 1.51 bits per heavy atom. The van der Waals surface area contributed by atoms with Crippen molar-refractivity contribution >= 4 is 39.1 Å². The zero-order valence-electron chi connectivity index (χ0n) is 24.6. The third kappa shape index (κ3) is 8.24. The summed E-state index contributed by atoms with van der Waals surface area (Å²) in [5.41, 5.74) is 2.41. The molecule has 0 saturated heterocycles. The summed E-state index contributed by atoms with van der Waals surface area (Å²) in [4.78, 5) is 28.7. The molecule has 0 aromatic heterocycles. The van der Waals surface area contributed by atoms with Crippen LogP contribution in [0.3, 0.4) is 0 Å². The molecule has 0 radical (unpaired) electrons. The second-order valence-corrected chi connectivity index (χ2v) is 13.3. The van der Waals surface area contributed by atoms with Crippen molar-refractivity contribution in [2.45, 2.75) is 64.6 Å². The molecule has 0 aliphatic rings. The van der Waals surface area contributed by atoms with Crippen LogP contribution in [0, 0.1) is 13.8 Å². The van der Waals surface area contributed by atoms with Gasteiger partial charge in [-0.05, 0) is 77.4 Å². The second-order valence-electron chi connectivity index (χ2n) is 11.1. The quantitative estimate of drug-likeness (QED) is 0.332. The lowest BCUT2D eigenvalue weighted by molar-refractivity contribution is -0.140. The van der Waals surface area contributed by atoms with E-state index in [2.05, 4.69) is 5.32 Å². The van der Waals surface area contributed by atoms with E-state index in [1.165, 1.54) is 36.3 Å². The van der Waals surface area contributed by atoms with E-state index in [1.807, 2.05) is 58.9 Å². The van der Waals surface area contributed by atoms with Gasteiger partial charge in [0.2, 0.25) is 11.8 Å². The molecule has 0 heterocycles. The largest absolute Gasteiger partial charge is 0.495 e. The number of nitrogens with zero attached hydrogens (tertiary/aromatic N) is 2. The second kappa shape index (κ2) is 13.0. The molecule has 10 heteroatoms. The van der Waals surface area contributed by atoms with Crippen LogP contribution in [-0.4, -0.2) is 50.4 Å². The summed E-state index contributed by atoms with van der Waals surface area (Å²) in [7, 11) is -2.75. The van der Waals surface area contributed by atoms with Crippen molar-refractivity contribution < 1.29 is 22.7 Å². The molecular weight excluding hydrogens is 562 g/mol. The number of aryl methyl sites for hydroxylation is 2. The SMILES string of the molecule is COc1ccc(N(CC(=O)N(Cc2ccc(C)cc2)[C@H](C)C(=O)NC(C)(C)C)S(=O)(=O)c2ccc(C)cc2)cc1Cl. The molecule has 3 rings (SSSR count). The molecule has 8 nitrogen and oxygen atoms in total. The minimum absolute atomic E-state index is 0.0199. The van der Waals surface area contributed by atoms with Crippen molar-refractivity contribution in [3.63, 3.8) is 0 Å². The number of halogens is 1. The Balaban J connectivity index is 2.07. The van der Waals surface area contributed by atoms with Gasteiger partial charge in [0.25, 0.3) is 10.0 Å². The minimum atomic E-state index is -4.20. The van der Waals surface area contributed by atoms with Crippen LogP contribution in [0.15, 0.2) is 71.6 Å². The average molecular weight is 600 g/mol. The number of hydrogen-bond acceptors (Lipinski definition) is 5. The van der Waals surface area contributed by atoms with Crippen LogP contribution >= 0.6 is 11.6 Å². The van der Waals surface area contributed by atoms with Crippen molar-refractivity contribution in [1.82, 2.24) is 10.2 Å². The van der Waals surface area contributed by atoms with Gasteiger partial charge in [-0.3, -0.25) is 13.9 Å². The Hall–Kier alpha value is -3.56. The number of amides is 2. The zero-order chi connectivity index (χ0) is 30.5. The number of ether oxygens (including phenoxy) is 1. The minimum Gasteiger partial charge on any atom is -0.495 e. The number of methoxy groups -OCH3 is 1. The van der Waals surface area contributed by atoms with E-state index in [0.717, 1.165) is 21.0 Å². The van der Waals surface area contributed by atoms with Crippen LogP contribution in [-0.2, 0) is 26.2 Å². The van der Waals surface area contributed by atoms with Gasteiger partial charge in [0.05, 0.1) is 22.7 Å². The molecule has 0 fully saturated rings. The molecule has 41 heavy (non-hydrogen) atoms. The first kappa shape index (κ1) is 32.0. The molecule has 0 unspecified atom stereocenters. The van der Waals surface area contributed by atoms with Crippen LogP contribution in [0.25, 0.3) is 0 Å². The van der Waals surface area contributed by atoms with Gasteiger partial charge in [0, 0.05) is 12.1 Å². The molecule has 2 amide bonds. The number of rotatable bonds is 10. The monoisotopic (exact) mass is 599 g/mol. The zero-order valence-corrected chi connectivity index (χ0v) is 26.1. The van der Waals surface area contributed by atoms with E-state index < -0.39 is 34.1 Å². The van der Waals surface area contributed by atoms with Gasteiger partial charge in [-0.25, -0.2) is 8.42 Å². The lowest BCUT2D eigenvalue weighted by Crippen LogP contribution is -2.54. The van der Waals surface area contributed by atoms with Gasteiger partial charge in [-0.1, -0.05) is 59.1 Å². The molecule has 0 aliphatic heterocycles. The summed E-state index contributed by atoms with van der Waals surface area (Å²) < 4.78 is 34.2. The van der Waals surface area contributed by atoms with E-state index in [0.29, 0.717) is 5.75 Å². The summed E-state index contributed by atoms with van der Waals surface area (Å²) in [6, 6.07) is 17.6. The summed E-state index contributed by atoms with van der Waals surface area (Å²) in [6.07, 6.45) is 0.